The molecule has 2 heterocycles. The average Bonchev–Trinajstić information content (AvgIpc) is 3.81. The number of nitrogens with zero attached hydrogens (tertiary/aromatic N) is 3. The van der Waals surface area contributed by atoms with E-state index in [0.29, 0.717) is 17.5 Å². The molecule has 0 aliphatic carbocycles. The van der Waals surface area contributed by atoms with Crippen LogP contribution in [0.2, 0.25) is 0 Å². The Balaban J connectivity index is 0.982. The first-order valence-electron chi connectivity index (χ1n) is 22.6. The smallest absolute Gasteiger partial charge is 0.164 e. The quantitative estimate of drug-likeness (QED) is 0.145. The first kappa shape index (κ1) is 39.6. The summed E-state index contributed by atoms with van der Waals surface area (Å²) in [6.45, 7) is 0. The zero-order valence-electron chi connectivity index (χ0n) is 36.4. The maximum atomic E-state index is 6.91. The highest BCUT2D eigenvalue weighted by atomic mass is 16.3. The van der Waals surface area contributed by atoms with Gasteiger partial charge >= 0.3 is 0 Å². The van der Waals surface area contributed by atoms with Crippen molar-refractivity contribution < 1.29 is 4.42 Å². The average molecular weight is 856 g/mol. The summed E-state index contributed by atoms with van der Waals surface area (Å²) in [5.41, 5.74) is 17.9. The number of fused-ring (bicyclic) bond motifs is 3. The maximum Gasteiger partial charge on any atom is 0.164 e. The van der Waals surface area contributed by atoms with Crippen LogP contribution >= 0.6 is 0 Å². The molecule has 0 bridgehead atoms. The van der Waals surface area contributed by atoms with Crippen molar-refractivity contribution in [3.63, 3.8) is 0 Å². The third-order valence-electron chi connectivity index (χ3n) is 12.6. The first-order chi connectivity index (χ1) is 33.2. The molecule has 12 rings (SSSR count). The molecule has 0 amide bonds. The predicted molar refractivity (Wildman–Crippen MR) is 276 cm³/mol. The molecule has 0 N–H and O–H groups in total. The third kappa shape index (κ3) is 7.67. The van der Waals surface area contributed by atoms with E-state index in [0.717, 1.165) is 88.7 Å². The van der Waals surface area contributed by atoms with Crippen molar-refractivity contribution in [1.82, 2.24) is 15.0 Å². The molecule has 0 saturated carbocycles. The molecule has 2 aromatic heterocycles. The lowest BCUT2D eigenvalue weighted by Gasteiger charge is -2.13. The van der Waals surface area contributed by atoms with Crippen LogP contribution in [-0.4, -0.2) is 15.0 Å². The molecular weight excluding hydrogens is 815 g/mol. The van der Waals surface area contributed by atoms with Crippen LogP contribution < -0.4 is 0 Å². The standard InChI is InChI=1S/C63H41N3O/c1-5-15-42(16-6-1)45-27-29-47(30-28-45)48-33-37-51(38-34-48)62-64-61(50-35-31-46(32-36-50)43-17-7-2-8-18-43)65-63(66-62)56-25-14-26-58-59(56)55-24-13-23-54(60(55)67-58)53-40-39-52(44-19-9-3-10-20-44)41-57(53)49-21-11-4-12-22-49/h1-41H. The molecule has 67 heavy (non-hydrogen) atoms. The van der Waals surface area contributed by atoms with Gasteiger partial charge in [-0.15, -0.1) is 0 Å². The van der Waals surface area contributed by atoms with E-state index in [9.17, 15) is 0 Å². The molecule has 0 radical (unpaired) electrons. The highest BCUT2D eigenvalue weighted by molar-refractivity contribution is 6.15. The van der Waals surface area contributed by atoms with Gasteiger partial charge in [-0.05, 0) is 73.3 Å². The van der Waals surface area contributed by atoms with Crippen LogP contribution in [0.5, 0.6) is 0 Å². The minimum Gasteiger partial charge on any atom is -0.455 e. The minimum atomic E-state index is 0.573. The number of hydrogen-bond acceptors (Lipinski definition) is 4. The van der Waals surface area contributed by atoms with Gasteiger partial charge in [0.2, 0.25) is 0 Å². The fourth-order valence-corrected chi connectivity index (χ4v) is 9.19. The minimum absolute atomic E-state index is 0.573. The van der Waals surface area contributed by atoms with E-state index < -0.39 is 0 Å². The Kier molecular flexibility index (Phi) is 10.2. The second-order valence-corrected chi connectivity index (χ2v) is 16.7. The van der Waals surface area contributed by atoms with Crippen LogP contribution in [0.1, 0.15) is 0 Å². The van der Waals surface area contributed by atoms with Gasteiger partial charge in [-0.1, -0.05) is 237 Å². The molecule has 0 saturated heterocycles. The van der Waals surface area contributed by atoms with Gasteiger partial charge < -0.3 is 4.42 Å². The molecule has 0 fully saturated rings. The lowest BCUT2D eigenvalue weighted by molar-refractivity contribution is 0.670. The van der Waals surface area contributed by atoms with E-state index in [1.165, 1.54) is 16.7 Å². The number of benzene rings is 10. The van der Waals surface area contributed by atoms with Crippen molar-refractivity contribution in [3.8, 4) is 101 Å². The summed E-state index contributed by atoms with van der Waals surface area (Å²) in [6, 6.07) is 87.0. The summed E-state index contributed by atoms with van der Waals surface area (Å²) in [6.07, 6.45) is 0. The van der Waals surface area contributed by atoms with Crippen LogP contribution in [0.3, 0.4) is 0 Å². The van der Waals surface area contributed by atoms with E-state index in [4.69, 9.17) is 19.4 Å². The van der Waals surface area contributed by atoms with Gasteiger partial charge in [0.05, 0.1) is 0 Å². The number of hydrogen-bond donors (Lipinski definition) is 0. The summed E-state index contributed by atoms with van der Waals surface area (Å²) in [5, 5.41) is 1.95. The Labute approximate surface area is 389 Å². The summed E-state index contributed by atoms with van der Waals surface area (Å²) >= 11 is 0. The fraction of sp³-hybridized carbons (Fsp3) is 0. The zero-order chi connectivity index (χ0) is 44.5. The molecule has 0 spiro atoms. The van der Waals surface area contributed by atoms with Crippen LogP contribution in [0, 0.1) is 0 Å². The van der Waals surface area contributed by atoms with Gasteiger partial charge in [0.1, 0.15) is 11.2 Å². The number of rotatable bonds is 9. The van der Waals surface area contributed by atoms with E-state index in [1.54, 1.807) is 0 Å². The lowest BCUT2D eigenvalue weighted by Crippen LogP contribution is -2.00. The number of aromatic nitrogens is 3. The van der Waals surface area contributed by atoms with Crippen molar-refractivity contribution in [2.75, 3.05) is 0 Å². The summed E-state index contributed by atoms with van der Waals surface area (Å²) in [5.74, 6) is 1.76. The Morgan fingerprint density at radius 3 is 1.13 bits per heavy atom. The second-order valence-electron chi connectivity index (χ2n) is 16.7. The second kappa shape index (κ2) is 17.2. The SMILES string of the molecule is c1ccc(-c2ccc(-c3ccc(-c4nc(-c5ccc(-c6ccccc6)cc5)nc(-c5cccc6oc7c(-c8ccc(-c9ccccc9)cc8-c8ccccc8)cccc7c56)n4)cc3)cc2)cc1. The molecule has 0 unspecified atom stereocenters. The highest BCUT2D eigenvalue weighted by Gasteiger charge is 2.21. The Morgan fingerprint density at radius 1 is 0.239 bits per heavy atom. The lowest BCUT2D eigenvalue weighted by atomic mass is 9.90. The van der Waals surface area contributed by atoms with Crippen LogP contribution in [0.4, 0.5) is 0 Å². The van der Waals surface area contributed by atoms with Crippen molar-refractivity contribution >= 4 is 21.9 Å². The van der Waals surface area contributed by atoms with Crippen LogP contribution in [0.25, 0.3) is 123 Å². The largest absolute Gasteiger partial charge is 0.455 e. The predicted octanol–water partition coefficient (Wildman–Crippen LogP) is 16.8. The van der Waals surface area contributed by atoms with Gasteiger partial charge in [0.25, 0.3) is 0 Å². The molecule has 4 nitrogen and oxygen atoms in total. The van der Waals surface area contributed by atoms with E-state index in [1.807, 2.05) is 24.3 Å². The summed E-state index contributed by atoms with van der Waals surface area (Å²) in [4.78, 5) is 15.7. The zero-order valence-corrected chi connectivity index (χ0v) is 36.4. The summed E-state index contributed by atoms with van der Waals surface area (Å²) < 4.78 is 6.91. The van der Waals surface area contributed by atoms with Gasteiger partial charge in [0, 0.05) is 33.0 Å². The Bertz CT molecular complexity index is 3680. The van der Waals surface area contributed by atoms with Crippen LogP contribution in [-0.2, 0) is 0 Å². The van der Waals surface area contributed by atoms with Crippen LogP contribution in [0.15, 0.2) is 253 Å². The van der Waals surface area contributed by atoms with Crippen molar-refractivity contribution in [3.05, 3.63) is 249 Å². The van der Waals surface area contributed by atoms with E-state index in [2.05, 4.69) is 224 Å². The van der Waals surface area contributed by atoms with Gasteiger partial charge in [-0.3, -0.25) is 0 Å². The molecule has 0 atom stereocenters. The molecule has 0 aliphatic heterocycles. The Morgan fingerprint density at radius 2 is 0.627 bits per heavy atom. The molecule has 12 aromatic rings. The monoisotopic (exact) mass is 855 g/mol. The van der Waals surface area contributed by atoms with Gasteiger partial charge in [-0.25, -0.2) is 15.0 Å². The highest BCUT2D eigenvalue weighted by Crippen LogP contribution is 2.44. The van der Waals surface area contributed by atoms with Gasteiger partial charge in [0.15, 0.2) is 17.5 Å². The van der Waals surface area contributed by atoms with Gasteiger partial charge in [-0.2, -0.15) is 0 Å². The van der Waals surface area contributed by atoms with Crippen molar-refractivity contribution in [1.29, 1.82) is 0 Å². The fourth-order valence-electron chi connectivity index (χ4n) is 9.19. The molecule has 0 aliphatic rings. The first-order valence-corrected chi connectivity index (χ1v) is 22.6. The maximum absolute atomic E-state index is 6.91. The van der Waals surface area contributed by atoms with Crippen molar-refractivity contribution in [2.45, 2.75) is 0 Å². The normalized spacial score (nSPS) is 11.3. The summed E-state index contributed by atoms with van der Waals surface area (Å²) in [7, 11) is 0. The Hall–Kier alpha value is -8.99. The van der Waals surface area contributed by atoms with E-state index >= 15 is 0 Å². The van der Waals surface area contributed by atoms with E-state index in [-0.39, 0.29) is 0 Å². The molecule has 314 valence electrons. The number of furan rings is 1. The number of para-hydroxylation sites is 1. The molecular formula is C63H41N3O. The third-order valence-corrected chi connectivity index (χ3v) is 12.6. The molecule has 4 heteroatoms. The van der Waals surface area contributed by atoms with Crippen molar-refractivity contribution in [2.24, 2.45) is 0 Å². The molecule has 10 aromatic carbocycles. The topological polar surface area (TPSA) is 51.8 Å².